The summed E-state index contributed by atoms with van der Waals surface area (Å²) in [5.41, 5.74) is 2.67. The van der Waals surface area contributed by atoms with Gasteiger partial charge in [-0.1, -0.05) is 19.1 Å². The summed E-state index contributed by atoms with van der Waals surface area (Å²) in [5, 5.41) is 19.3. The van der Waals surface area contributed by atoms with Gasteiger partial charge in [-0.25, -0.2) is 4.79 Å². The van der Waals surface area contributed by atoms with Crippen LogP contribution in [0, 0.1) is 5.92 Å². The highest BCUT2D eigenvalue weighted by Crippen LogP contribution is 2.29. The molecule has 9 nitrogen and oxygen atoms in total. The summed E-state index contributed by atoms with van der Waals surface area (Å²) in [6, 6.07) is 12.2. The van der Waals surface area contributed by atoms with Crippen LogP contribution in [-0.4, -0.2) is 97.6 Å². The molecule has 0 radical (unpaired) electrons. The minimum atomic E-state index is -0.940. The Balaban J connectivity index is 1.87. The number of anilines is 1. The van der Waals surface area contributed by atoms with Gasteiger partial charge in [0, 0.05) is 51.9 Å². The lowest BCUT2D eigenvalue weighted by atomic mass is 10.0. The summed E-state index contributed by atoms with van der Waals surface area (Å²) in [6.07, 6.45) is 2.48. The quantitative estimate of drug-likeness (QED) is 0.483. The molecule has 0 spiro atoms. The van der Waals surface area contributed by atoms with Crippen LogP contribution in [0.1, 0.15) is 66.3 Å². The molecule has 0 aliphatic carbocycles. The van der Waals surface area contributed by atoms with Gasteiger partial charge in [0.2, 0.25) is 0 Å². The maximum Gasteiger partial charge on any atom is 0.335 e. The molecule has 0 fully saturated rings. The lowest BCUT2D eigenvalue weighted by Crippen LogP contribution is -2.47. The molecule has 2 N–H and O–H groups in total. The van der Waals surface area contributed by atoms with E-state index in [0.717, 1.165) is 30.5 Å². The van der Waals surface area contributed by atoms with Gasteiger partial charge in [0.1, 0.15) is 5.75 Å². The van der Waals surface area contributed by atoms with E-state index in [0.29, 0.717) is 37.6 Å². The Kier molecular flexibility index (Phi) is 12.0. The number of carbonyl (C=O) groups excluding carboxylic acids is 1. The molecule has 9 heteroatoms. The van der Waals surface area contributed by atoms with Crippen molar-refractivity contribution in [2.75, 3.05) is 52.3 Å². The third kappa shape index (κ3) is 9.18. The van der Waals surface area contributed by atoms with Crippen molar-refractivity contribution < 1.29 is 29.3 Å². The summed E-state index contributed by atoms with van der Waals surface area (Å²) >= 11 is 0. The van der Waals surface area contributed by atoms with E-state index in [-0.39, 0.29) is 36.2 Å². The average Bonchev–Trinajstić information content (AvgIpc) is 2.94. The number of nitrogens with zero attached hydrogens (tertiary/aromatic N) is 3. The smallest absolute Gasteiger partial charge is 0.335 e. The van der Waals surface area contributed by atoms with Gasteiger partial charge in [0.15, 0.2) is 0 Å². The van der Waals surface area contributed by atoms with Crippen molar-refractivity contribution in [3.05, 3.63) is 59.2 Å². The van der Waals surface area contributed by atoms with Crippen LogP contribution in [0.25, 0.3) is 0 Å². The topological polar surface area (TPSA) is 103 Å². The molecule has 2 aromatic rings. The zero-order chi connectivity index (χ0) is 30.1. The first-order valence-corrected chi connectivity index (χ1v) is 14.5. The Morgan fingerprint density at radius 3 is 2.44 bits per heavy atom. The molecule has 0 saturated carbocycles. The van der Waals surface area contributed by atoms with Gasteiger partial charge in [-0.2, -0.15) is 0 Å². The van der Waals surface area contributed by atoms with Gasteiger partial charge in [0.05, 0.1) is 36.0 Å². The molecule has 0 aromatic heterocycles. The number of amides is 1. The predicted molar refractivity (Wildman–Crippen MR) is 161 cm³/mol. The maximum atomic E-state index is 14.1. The summed E-state index contributed by atoms with van der Waals surface area (Å²) < 4.78 is 12.7. The molecule has 0 unspecified atom stereocenters. The van der Waals surface area contributed by atoms with E-state index < -0.39 is 12.0 Å². The van der Waals surface area contributed by atoms with Crippen LogP contribution in [0.15, 0.2) is 42.5 Å². The van der Waals surface area contributed by atoms with Gasteiger partial charge in [-0.15, -0.1) is 0 Å². The lowest BCUT2D eigenvalue weighted by molar-refractivity contribution is -0.0177. The van der Waals surface area contributed by atoms with E-state index in [1.54, 1.807) is 17.0 Å². The van der Waals surface area contributed by atoms with Crippen molar-refractivity contribution in [3.8, 4) is 5.75 Å². The molecular formula is C32H47N3O6. The molecule has 4 atom stereocenters. The van der Waals surface area contributed by atoms with Crippen molar-refractivity contribution in [3.63, 3.8) is 0 Å². The molecule has 0 saturated heterocycles. The maximum absolute atomic E-state index is 14.1. The van der Waals surface area contributed by atoms with Crippen LogP contribution in [-0.2, 0) is 11.3 Å². The van der Waals surface area contributed by atoms with Crippen molar-refractivity contribution >= 4 is 17.6 Å². The summed E-state index contributed by atoms with van der Waals surface area (Å²) in [6.45, 7) is 8.11. The Hall–Kier alpha value is -3.14. The molecule has 1 amide bonds. The van der Waals surface area contributed by atoms with Crippen LogP contribution in [0.2, 0.25) is 0 Å². The number of rotatable bonds is 8. The number of carbonyl (C=O) groups is 2. The second kappa shape index (κ2) is 15.2. The molecule has 1 heterocycles. The molecule has 2 aromatic carbocycles. The monoisotopic (exact) mass is 569 g/mol. The van der Waals surface area contributed by atoms with Crippen LogP contribution in [0.4, 0.5) is 5.69 Å². The molecule has 3 rings (SSSR count). The first kappa shape index (κ1) is 32.4. The Morgan fingerprint density at radius 2 is 1.80 bits per heavy atom. The van der Waals surface area contributed by atoms with Crippen LogP contribution >= 0.6 is 0 Å². The third-order valence-corrected chi connectivity index (χ3v) is 7.70. The number of hydrogen-bond acceptors (Lipinski definition) is 7. The molecule has 1 aliphatic rings. The first-order valence-electron chi connectivity index (χ1n) is 14.5. The van der Waals surface area contributed by atoms with Crippen molar-refractivity contribution in [2.45, 2.75) is 64.8 Å². The van der Waals surface area contributed by atoms with Gasteiger partial charge >= 0.3 is 5.97 Å². The van der Waals surface area contributed by atoms with E-state index in [4.69, 9.17) is 9.47 Å². The number of carboxylic acids is 1. The number of likely N-dealkylation sites (N-methyl/N-ethyl adjacent to an activating group) is 1. The number of hydrogen-bond donors (Lipinski definition) is 2. The second-order valence-electron chi connectivity index (χ2n) is 11.6. The van der Waals surface area contributed by atoms with E-state index in [1.807, 2.05) is 70.2 Å². The lowest BCUT2D eigenvalue weighted by Gasteiger charge is -2.36. The zero-order valence-corrected chi connectivity index (χ0v) is 25.4. The minimum absolute atomic E-state index is 0.0203. The minimum Gasteiger partial charge on any atom is -0.490 e. The number of fused-ring (bicyclic) bond motifs is 1. The summed E-state index contributed by atoms with van der Waals surface area (Å²) in [4.78, 5) is 31.2. The van der Waals surface area contributed by atoms with Crippen molar-refractivity contribution in [2.24, 2.45) is 5.92 Å². The van der Waals surface area contributed by atoms with Gasteiger partial charge in [-0.05, 0) is 76.1 Å². The molecule has 41 heavy (non-hydrogen) atoms. The fraction of sp³-hybridized carbons (Fsp3) is 0.562. The van der Waals surface area contributed by atoms with E-state index in [9.17, 15) is 19.8 Å². The molecule has 0 bridgehead atoms. The molecule has 1 aliphatic heterocycles. The highest BCUT2D eigenvalue weighted by atomic mass is 16.5. The standard InChI is InChI=1S/C32H47N3O6/c1-22-18-35(23(2)21-36)31(37)28-17-27(33(4)5)14-15-29(28)41-24(3)9-7-8-16-40-30(22)20-34(6)19-25-10-12-26(13-11-25)32(38)39/h10-15,17,22-24,30,36H,7-9,16,18-21H2,1-6H3,(H,38,39)/t22-,23-,24-,30-/m0/s1. The summed E-state index contributed by atoms with van der Waals surface area (Å²) in [5.74, 6) is -0.570. The van der Waals surface area contributed by atoms with Crippen LogP contribution in [0.5, 0.6) is 5.75 Å². The Morgan fingerprint density at radius 1 is 1.10 bits per heavy atom. The number of aliphatic hydroxyl groups excluding tert-OH is 1. The van der Waals surface area contributed by atoms with Crippen molar-refractivity contribution in [1.82, 2.24) is 9.80 Å². The van der Waals surface area contributed by atoms with Crippen molar-refractivity contribution in [1.29, 1.82) is 0 Å². The normalized spacial score (nSPS) is 21.5. The number of benzene rings is 2. The Bertz CT molecular complexity index is 1140. The van der Waals surface area contributed by atoms with E-state index >= 15 is 0 Å². The number of carboxylic acid groups (broad SMARTS) is 1. The number of aromatic carboxylic acids is 1. The highest BCUT2D eigenvalue weighted by Gasteiger charge is 2.30. The molecular weight excluding hydrogens is 522 g/mol. The highest BCUT2D eigenvalue weighted by molar-refractivity contribution is 5.98. The van der Waals surface area contributed by atoms with E-state index in [1.165, 1.54) is 0 Å². The average molecular weight is 570 g/mol. The molecule has 226 valence electrons. The number of aliphatic hydroxyl groups is 1. The SMILES string of the molecule is C[C@H]1CCCCO[C@@H](CN(C)Cc2ccc(C(=O)O)cc2)[C@@H](C)CN([C@@H](C)CO)C(=O)c2cc(N(C)C)ccc2O1. The summed E-state index contributed by atoms with van der Waals surface area (Å²) in [7, 11) is 5.89. The fourth-order valence-electron chi connectivity index (χ4n) is 5.09. The largest absolute Gasteiger partial charge is 0.490 e. The Labute approximate surface area is 244 Å². The fourth-order valence-corrected chi connectivity index (χ4v) is 5.09. The van der Waals surface area contributed by atoms with Gasteiger partial charge in [-0.3, -0.25) is 9.69 Å². The third-order valence-electron chi connectivity index (χ3n) is 7.70. The van der Waals surface area contributed by atoms with Gasteiger partial charge < -0.3 is 29.5 Å². The van der Waals surface area contributed by atoms with Gasteiger partial charge in [0.25, 0.3) is 5.91 Å². The van der Waals surface area contributed by atoms with Crippen LogP contribution in [0.3, 0.4) is 0 Å². The van der Waals surface area contributed by atoms with E-state index in [2.05, 4.69) is 11.8 Å². The first-order chi connectivity index (χ1) is 19.5. The number of ether oxygens (including phenoxy) is 2. The van der Waals surface area contributed by atoms with Crippen LogP contribution < -0.4 is 9.64 Å². The second-order valence-corrected chi connectivity index (χ2v) is 11.6. The predicted octanol–water partition coefficient (Wildman–Crippen LogP) is 4.38. The zero-order valence-electron chi connectivity index (χ0n) is 25.4.